The second kappa shape index (κ2) is 28.1. The van der Waals surface area contributed by atoms with Crippen molar-refractivity contribution in [3.05, 3.63) is 242 Å². The molecule has 0 aliphatic carbocycles. The van der Waals surface area contributed by atoms with E-state index >= 15 is 0 Å². The van der Waals surface area contributed by atoms with Crippen LogP contribution in [0.5, 0.6) is 0 Å². The summed E-state index contributed by atoms with van der Waals surface area (Å²) in [5, 5.41) is 35.8. The topological polar surface area (TPSA) is 78.1 Å². The third-order valence-electron chi connectivity index (χ3n) is 11.9. The van der Waals surface area contributed by atoms with Crippen molar-refractivity contribution < 1.29 is 10.2 Å². The highest BCUT2D eigenvalue weighted by Crippen LogP contribution is 2.35. The first-order valence-corrected chi connectivity index (χ1v) is 27.1. The molecule has 2 unspecified atom stereocenters. The molecule has 366 valence electrons. The van der Waals surface area contributed by atoms with Crippen molar-refractivity contribution in [1.29, 1.82) is 0 Å². The minimum absolute atomic E-state index is 0.401. The largest absolute Gasteiger partial charge is 0.390 e. The van der Waals surface area contributed by atoms with Crippen molar-refractivity contribution in [2.45, 2.75) is 37.9 Å². The van der Waals surface area contributed by atoms with Gasteiger partial charge in [0.2, 0.25) is 0 Å². The van der Waals surface area contributed by atoms with Crippen molar-refractivity contribution in [2.24, 2.45) is 10.2 Å². The molecule has 0 spiro atoms. The molecular formula is C62H64N6O2S2. The Bertz CT molecular complexity index is 2520. The molecule has 0 fully saturated rings. The summed E-state index contributed by atoms with van der Waals surface area (Å²) < 4.78 is 0. The molecule has 0 radical (unpaired) electrons. The van der Waals surface area contributed by atoms with Gasteiger partial charge in [0.15, 0.2) is 0 Å². The summed E-state index contributed by atoms with van der Waals surface area (Å²) in [5.41, 5.74) is 10.3. The molecule has 2 atom stereocenters. The average molecular weight is 989 g/mol. The zero-order valence-electron chi connectivity index (χ0n) is 40.7. The molecule has 2 N–H and O–H groups in total. The number of aliphatic hydroxyl groups excluding tert-OH is 2. The van der Waals surface area contributed by atoms with Crippen LogP contribution in [-0.2, 0) is 0 Å². The molecule has 0 bridgehead atoms. The molecule has 0 saturated heterocycles. The SMILES string of the molecule is OC(CSCCCCCCSCC(O)CN(/N=C/c1ccc(N(c2ccccc2)c2ccccc2)cc1)c1ccccc1)CN(/N=C/c1ccc(N(c2ccccc2)c2ccccc2)cc1)c1ccccc1. The highest BCUT2D eigenvalue weighted by atomic mass is 32.2. The quantitative estimate of drug-likeness (QED) is 0.0300. The van der Waals surface area contributed by atoms with Crippen LogP contribution < -0.4 is 19.8 Å². The molecule has 8 aromatic rings. The van der Waals surface area contributed by atoms with Crippen molar-refractivity contribution in [3.63, 3.8) is 0 Å². The first kappa shape index (κ1) is 51.3. The molecule has 0 aliphatic heterocycles. The van der Waals surface area contributed by atoms with Gasteiger partial charge in [-0.3, -0.25) is 10.0 Å². The smallest absolute Gasteiger partial charge is 0.0826 e. The van der Waals surface area contributed by atoms with E-state index in [0.29, 0.717) is 24.6 Å². The van der Waals surface area contributed by atoms with E-state index in [1.165, 1.54) is 0 Å². The number of nitrogens with zero attached hydrogens (tertiary/aromatic N) is 6. The number of rotatable bonds is 27. The molecule has 0 heterocycles. The Hall–Kier alpha value is -7.08. The van der Waals surface area contributed by atoms with Crippen LogP contribution in [0.3, 0.4) is 0 Å². The highest BCUT2D eigenvalue weighted by molar-refractivity contribution is 7.99. The Kier molecular flexibility index (Phi) is 20.0. The molecule has 0 amide bonds. The van der Waals surface area contributed by atoms with Gasteiger partial charge in [0.1, 0.15) is 0 Å². The van der Waals surface area contributed by atoms with Crippen LogP contribution in [0.25, 0.3) is 0 Å². The highest BCUT2D eigenvalue weighted by Gasteiger charge is 2.16. The first-order valence-electron chi connectivity index (χ1n) is 24.8. The zero-order chi connectivity index (χ0) is 49.4. The number of hydrogen-bond donors (Lipinski definition) is 2. The van der Waals surface area contributed by atoms with E-state index in [-0.39, 0.29) is 0 Å². The Morgan fingerprint density at radius 1 is 0.333 bits per heavy atom. The Morgan fingerprint density at radius 2 is 0.597 bits per heavy atom. The van der Waals surface area contributed by atoms with Crippen LogP contribution in [0.1, 0.15) is 36.8 Å². The van der Waals surface area contributed by atoms with E-state index in [1.807, 2.05) is 107 Å². The van der Waals surface area contributed by atoms with E-state index in [1.54, 1.807) is 23.5 Å². The molecular weight excluding hydrogens is 925 g/mol. The first-order chi connectivity index (χ1) is 35.6. The average Bonchev–Trinajstić information content (AvgIpc) is 3.44. The second-order valence-electron chi connectivity index (χ2n) is 17.4. The van der Waals surface area contributed by atoms with Crippen LogP contribution in [0.2, 0.25) is 0 Å². The Labute approximate surface area is 435 Å². The number of hydrazone groups is 2. The van der Waals surface area contributed by atoms with Gasteiger partial charge in [-0.15, -0.1) is 0 Å². The molecule has 10 heteroatoms. The minimum Gasteiger partial charge on any atom is -0.390 e. The standard InChI is InChI=1S/C62H64N6O2S2/c69-61(47-65(53-23-9-3-10-24-53)63-45-51-35-39-59(40-36-51)67(55-27-13-5-14-28-55)56-29-15-6-16-30-56)49-71-43-21-1-2-22-44-72-50-62(70)48-66(54-25-11-4-12-26-54)64-46-52-37-41-60(42-38-52)68(57-31-17-7-18-32-57)58-33-19-8-20-34-58/h3-20,23-42,45-46,61-62,69-70H,1-2,21-22,43-44,47-50H2/b63-45+,64-46+. The van der Waals surface area contributed by atoms with E-state index < -0.39 is 12.2 Å². The molecule has 0 aromatic heterocycles. The third kappa shape index (κ3) is 15.7. The summed E-state index contributed by atoms with van der Waals surface area (Å²) in [4.78, 5) is 4.48. The van der Waals surface area contributed by atoms with Gasteiger partial charge >= 0.3 is 0 Å². The van der Waals surface area contributed by atoms with Crippen molar-refractivity contribution in [1.82, 2.24) is 0 Å². The molecule has 72 heavy (non-hydrogen) atoms. The number of thioether (sulfide) groups is 2. The van der Waals surface area contributed by atoms with Gasteiger partial charge in [-0.25, -0.2) is 0 Å². The summed E-state index contributed by atoms with van der Waals surface area (Å²) in [7, 11) is 0. The summed E-state index contributed by atoms with van der Waals surface area (Å²) in [6.45, 7) is 0.801. The van der Waals surface area contributed by atoms with E-state index in [0.717, 1.165) is 93.8 Å². The third-order valence-corrected chi connectivity index (χ3v) is 14.3. The van der Waals surface area contributed by atoms with Gasteiger partial charge < -0.3 is 20.0 Å². The summed E-state index contributed by atoms with van der Waals surface area (Å²) in [6, 6.07) is 78.5. The lowest BCUT2D eigenvalue weighted by Crippen LogP contribution is -2.30. The van der Waals surface area contributed by atoms with Crippen LogP contribution in [-0.4, -0.2) is 71.0 Å². The fraction of sp³-hybridized carbons (Fsp3) is 0.194. The molecule has 8 aromatic carbocycles. The molecule has 8 rings (SSSR count). The normalized spacial score (nSPS) is 12.2. The molecule has 0 saturated carbocycles. The van der Waals surface area contributed by atoms with Crippen LogP contribution in [0.4, 0.5) is 45.5 Å². The van der Waals surface area contributed by atoms with Gasteiger partial charge in [-0.05, 0) is 133 Å². The lowest BCUT2D eigenvalue weighted by molar-refractivity contribution is 0.204. The number of hydrogen-bond acceptors (Lipinski definition) is 10. The summed E-state index contributed by atoms with van der Waals surface area (Å²) in [5.74, 6) is 3.31. The van der Waals surface area contributed by atoms with E-state index in [9.17, 15) is 10.2 Å². The molecule has 0 aliphatic rings. The van der Waals surface area contributed by atoms with Gasteiger partial charge in [0.25, 0.3) is 0 Å². The van der Waals surface area contributed by atoms with Gasteiger partial charge in [-0.2, -0.15) is 33.7 Å². The predicted molar refractivity (Wildman–Crippen MR) is 310 cm³/mol. The van der Waals surface area contributed by atoms with Crippen molar-refractivity contribution in [3.8, 4) is 0 Å². The maximum atomic E-state index is 11.2. The van der Waals surface area contributed by atoms with E-state index in [2.05, 4.69) is 155 Å². The lowest BCUT2D eigenvalue weighted by Gasteiger charge is -2.25. The fourth-order valence-electron chi connectivity index (χ4n) is 8.24. The van der Waals surface area contributed by atoms with Gasteiger partial charge in [-0.1, -0.05) is 146 Å². The second-order valence-corrected chi connectivity index (χ2v) is 19.7. The Morgan fingerprint density at radius 3 is 0.889 bits per heavy atom. The number of benzene rings is 8. The maximum Gasteiger partial charge on any atom is 0.0826 e. The zero-order valence-corrected chi connectivity index (χ0v) is 42.3. The Balaban J connectivity index is 0.743. The summed E-state index contributed by atoms with van der Waals surface area (Å²) >= 11 is 3.60. The predicted octanol–water partition coefficient (Wildman–Crippen LogP) is 14.8. The maximum absolute atomic E-state index is 11.2. The summed E-state index contributed by atoms with van der Waals surface area (Å²) in [6.07, 6.45) is 7.18. The van der Waals surface area contributed by atoms with Crippen LogP contribution in [0.15, 0.2) is 241 Å². The van der Waals surface area contributed by atoms with Crippen molar-refractivity contribution in [2.75, 3.05) is 55.9 Å². The molecule has 8 nitrogen and oxygen atoms in total. The van der Waals surface area contributed by atoms with Gasteiger partial charge in [0.05, 0.1) is 49.1 Å². The monoisotopic (exact) mass is 988 g/mol. The van der Waals surface area contributed by atoms with Crippen LogP contribution in [0, 0.1) is 0 Å². The van der Waals surface area contributed by atoms with Gasteiger partial charge in [0, 0.05) is 45.6 Å². The number of unbranched alkanes of at least 4 members (excludes halogenated alkanes) is 3. The van der Waals surface area contributed by atoms with Crippen molar-refractivity contribution >= 4 is 81.5 Å². The van der Waals surface area contributed by atoms with Crippen LogP contribution >= 0.6 is 23.5 Å². The number of aliphatic hydroxyl groups is 2. The minimum atomic E-state index is -0.533. The number of para-hydroxylation sites is 6. The lowest BCUT2D eigenvalue weighted by atomic mass is 10.1. The fourth-order valence-corrected chi connectivity index (χ4v) is 10.1. The number of anilines is 8. The van der Waals surface area contributed by atoms with E-state index in [4.69, 9.17) is 10.2 Å².